The summed E-state index contributed by atoms with van der Waals surface area (Å²) in [5.41, 5.74) is 2.68. The highest BCUT2D eigenvalue weighted by atomic mass is 16.5. The van der Waals surface area contributed by atoms with Gasteiger partial charge in [0.25, 0.3) is 0 Å². The van der Waals surface area contributed by atoms with Gasteiger partial charge in [0, 0.05) is 37.6 Å². The van der Waals surface area contributed by atoms with Gasteiger partial charge in [0.1, 0.15) is 11.4 Å². The van der Waals surface area contributed by atoms with E-state index >= 15 is 0 Å². The van der Waals surface area contributed by atoms with Gasteiger partial charge in [-0.15, -0.1) is 0 Å². The van der Waals surface area contributed by atoms with Gasteiger partial charge in [0.05, 0.1) is 25.3 Å². The van der Waals surface area contributed by atoms with Gasteiger partial charge in [-0.25, -0.2) is 4.98 Å². The molecular weight excluding hydrogens is 328 g/mol. The summed E-state index contributed by atoms with van der Waals surface area (Å²) in [6.45, 7) is 2.19. The first-order chi connectivity index (χ1) is 12.8. The third-order valence-electron chi connectivity index (χ3n) is 4.81. The fraction of sp³-hybridized carbons (Fsp3) is 0.300. The third-order valence-corrected chi connectivity index (χ3v) is 4.81. The highest BCUT2D eigenvalue weighted by Gasteiger charge is 2.30. The summed E-state index contributed by atoms with van der Waals surface area (Å²) in [6.07, 6.45) is 4.17. The fourth-order valence-electron chi connectivity index (χ4n) is 3.55. The first kappa shape index (κ1) is 16.6. The molecule has 6 heteroatoms. The van der Waals surface area contributed by atoms with E-state index in [4.69, 9.17) is 4.74 Å². The number of rotatable bonds is 4. The highest BCUT2D eigenvalue weighted by molar-refractivity contribution is 5.79. The molecule has 1 aliphatic rings. The highest BCUT2D eigenvalue weighted by Crippen LogP contribution is 2.30. The molecule has 3 aromatic rings. The van der Waals surface area contributed by atoms with E-state index in [0.717, 1.165) is 35.7 Å². The van der Waals surface area contributed by atoms with E-state index in [1.54, 1.807) is 7.11 Å². The number of piperazine rings is 1. The van der Waals surface area contributed by atoms with Gasteiger partial charge in [-0.3, -0.25) is 4.79 Å². The summed E-state index contributed by atoms with van der Waals surface area (Å²) in [7, 11) is 1.66. The molecule has 1 aromatic carbocycles. The maximum atomic E-state index is 13.0. The molecule has 134 valence electrons. The summed E-state index contributed by atoms with van der Waals surface area (Å²) in [5, 5.41) is 3.39. The monoisotopic (exact) mass is 350 g/mol. The Morgan fingerprint density at radius 2 is 2.12 bits per heavy atom. The molecule has 4 rings (SSSR count). The SMILES string of the molecule is COc1ccccc1C1CNCCN1C(=O)Cc1cn2ccccc2n1. The van der Waals surface area contributed by atoms with E-state index in [1.165, 1.54) is 0 Å². The van der Waals surface area contributed by atoms with Gasteiger partial charge in [-0.1, -0.05) is 24.3 Å². The number of fused-ring (bicyclic) bond motifs is 1. The number of benzene rings is 1. The van der Waals surface area contributed by atoms with Crippen LogP contribution in [0.15, 0.2) is 54.9 Å². The predicted octanol–water partition coefficient (Wildman–Crippen LogP) is 2.06. The molecule has 0 radical (unpaired) electrons. The number of carbonyl (C=O) groups is 1. The standard InChI is InChI=1S/C20H22N4O2/c1-26-18-7-3-2-6-16(18)17-13-21-9-11-24(17)20(25)12-15-14-23-10-5-4-8-19(23)22-15/h2-8,10,14,17,21H,9,11-13H2,1H3. The maximum absolute atomic E-state index is 13.0. The molecule has 0 spiro atoms. The second-order valence-electron chi connectivity index (χ2n) is 6.42. The van der Waals surface area contributed by atoms with E-state index in [0.29, 0.717) is 13.0 Å². The van der Waals surface area contributed by atoms with Crippen molar-refractivity contribution >= 4 is 11.6 Å². The van der Waals surface area contributed by atoms with Crippen LogP contribution in [-0.2, 0) is 11.2 Å². The number of hydrogen-bond acceptors (Lipinski definition) is 4. The van der Waals surface area contributed by atoms with Crippen molar-refractivity contribution in [3.05, 3.63) is 66.1 Å². The van der Waals surface area contributed by atoms with Crippen LogP contribution in [-0.4, -0.2) is 46.9 Å². The van der Waals surface area contributed by atoms with Crippen LogP contribution in [0.1, 0.15) is 17.3 Å². The number of nitrogens with zero attached hydrogens (tertiary/aromatic N) is 3. The molecule has 1 amide bonds. The molecule has 0 aliphatic carbocycles. The minimum atomic E-state index is -0.0376. The lowest BCUT2D eigenvalue weighted by Gasteiger charge is -2.37. The minimum Gasteiger partial charge on any atom is -0.496 e. The summed E-state index contributed by atoms with van der Waals surface area (Å²) < 4.78 is 7.45. The van der Waals surface area contributed by atoms with Crippen molar-refractivity contribution < 1.29 is 9.53 Å². The predicted molar refractivity (Wildman–Crippen MR) is 99.2 cm³/mol. The second-order valence-corrected chi connectivity index (χ2v) is 6.42. The van der Waals surface area contributed by atoms with Crippen molar-refractivity contribution in [3.8, 4) is 5.75 Å². The lowest BCUT2D eigenvalue weighted by Crippen LogP contribution is -2.49. The molecule has 0 saturated carbocycles. The van der Waals surface area contributed by atoms with Crippen LogP contribution in [0.2, 0.25) is 0 Å². The fourth-order valence-corrected chi connectivity index (χ4v) is 3.55. The topological polar surface area (TPSA) is 58.9 Å². The quantitative estimate of drug-likeness (QED) is 0.782. The third kappa shape index (κ3) is 3.15. The summed E-state index contributed by atoms with van der Waals surface area (Å²) in [4.78, 5) is 19.5. The van der Waals surface area contributed by atoms with E-state index in [2.05, 4.69) is 10.3 Å². The zero-order valence-electron chi connectivity index (χ0n) is 14.8. The Bertz CT molecular complexity index is 888. The summed E-state index contributed by atoms with van der Waals surface area (Å²) in [5.74, 6) is 0.901. The average Bonchev–Trinajstić information content (AvgIpc) is 3.10. The van der Waals surface area contributed by atoms with Crippen LogP contribution < -0.4 is 10.1 Å². The number of methoxy groups -OCH3 is 1. The number of pyridine rings is 1. The number of para-hydroxylation sites is 1. The van der Waals surface area contributed by atoms with Crippen molar-refractivity contribution in [3.63, 3.8) is 0 Å². The largest absolute Gasteiger partial charge is 0.496 e. The summed E-state index contributed by atoms with van der Waals surface area (Å²) in [6, 6.07) is 13.7. The van der Waals surface area contributed by atoms with Gasteiger partial charge in [-0.05, 0) is 18.2 Å². The number of nitrogens with one attached hydrogen (secondary N) is 1. The van der Waals surface area contributed by atoms with Crippen molar-refractivity contribution in [2.24, 2.45) is 0 Å². The first-order valence-corrected chi connectivity index (χ1v) is 8.82. The van der Waals surface area contributed by atoms with Crippen LogP contribution in [0.25, 0.3) is 5.65 Å². The van der Waals surface area contributed by atoms with E-state index in [9.17, 15) is 4.79 Å². The molecule has 1 unspecified atom stereocenters. The Labute approximate surface area is 152 Å². The Morgan fingerprint density at radius 3 is 2.96 bits per heavy atom. The van der Waals surface area contributed by atoms with Crippen LogP contribution in [0.5, 0.6) is 5.75 Å². The molecule has 3 heterocycles. The average molecular weight is 350 g/mol. The van der Waals surface area contributed by atoms with E-state index < -0.39 is 0 Å². The minimum absolute atomic E-state index is 0.0376. The first-order valence-electron chi connectivity index (χ1n) is 8.82. The molecule has 1 atom stereocenters. The van der Waals surface area contributed by atoms with Gasteiger partial charge in [0.2, 0.25) is 5.91 Å². The zero-order chi connectivity index (χ0) is 17.9. The maximum Gasteiger partial charge on any atom is 0.229 e. The smallest absolute Gasteiger partial charge is 0.229 e. The van der Waals surface area contributed by atoms with Crippen molar-refractivity contribution in [2.75, 3.05) is 26.7 Å². The molecule has 1 saturated heterocycles. The van der Waals surface area contributed by atoms with Gasteiger partial charge in [-0.2, -0.15) is 0 Å². The molecule has 1 N–H and O–H groups in total. The van der Waals surface area contributed by atoms with Crippen molar-refractivity contribution in [1.82, 2.24) is 19.6 Å². The molecule has 1 aliphatic heterocycles. The zero-order valence-corrected chi connectivity index (χ0v) is 14.8. The number of carbonyl (C=O) groups excluding carboxylic acids is 1. The molecule has 2 aromatic heterocycles. The number of amides is 1. The van der Waals surface area contributed by atoms with Gasteiger partial charge < -0.3 is 19.4 Å². The Kier molecular flexibility index (Phi) is 4.58. The van der Waals surface area contributed by atoms with Gasteiger partial charge >= 0.3 is 0 Å². The lowest BCUT2D eigenvalue weighted by molar-refractivity contribution is -0.133. The second kappa shape index (κ2) is 7.17. The van der Waals surface area contributed by atoms with Crippen molar-refractivity contribution in [2.45, 2.75) is 12.5 Å². The normalized spacial score (nSPS) is 17.4. The molecule has 1 fully saturated rings. The molecular formula is C20H22N4O2. The Hall–Kier alpha value is -2.86. The number of ether oxygens (including phenoxy) is 1. The summed E-state index contributed by atoms with van der Waals surface area (Å²) >= 11 is 0. The Balaban J connectivity index is 1.58. The van der Waals surface area contributed by atoms with Crippen LogP contribution in [0.4, 0.5) is 0 Å². The van der Waals surface area contributed by atoms with Crippen molar-refractivity contribution in [1.29, 1.82) is 0 Å². The van der Waals surface area contributed by atoms with Crippen LogP contribution in [0.3, 0.4) is 0 Å². The van der Waals surface area contributed by atoms with Crippen LogP contribution >= 0.6 is 0 Å². The van der Waals surface area contributed by atoms with Gasteiger partial charge in [0.15, 0.2) is 0 Å². The number of imidazole rings is 1. The van der Waals surface area contributed by atoms with E-state index in [-0.39, 0.29) is 11.9 Å². The molecule has 26 heavy (non-hydrogen) atoms. The molecule has 6 nitrogen and oxygen atoms in total. The molecule has 0 bridgehead atoms. The number of aromatic nitrogens is 2. The lowest BCUT2D eigenvalue weighted by atomic mass is 10.0. The van der Waals surface area contributed by atoms with E-state index in [1.807, 2.05) is 64.2 Å². The Morgan fingerprint density at radius 1 is 1.27 bits per heavy atom. The van der Waals surface area contributed by atoms with Crippen LogP contribution in [0, 0.1) is 0 Å². The number of hydrogen-bond donors (Lipinski definition) is 1.